The van der Waals surface area contributed by atoms with Crippen LogP contribution in [0, 0.1) is 0 Å². The van der Waals surface area contributed by atoms with Gasteiger partial charge >= 0.3 is 5.97 Å². The highest BCUT2D eigenvalue weighted by molar-refractivity contribution is 5.85. The maximum atomic E-state index is 11.5. The monoisotopic (exact) mass is 256 g/mol. The molecular formula is C9H18Cl2N2O2. The number of carbonyl (C=O) groups is 1. The highest BCUT2D eigenvalue weighted by Gasteiger charge is 2.39. The first-order valence-electron chi connectivity index (χ1n) is 4.97. The topological polar surface area (TPSA) is 50.4 Å². The standard InChI is InChI=1S/C9H16N2O2.2ClH/c1-2-13-9(12)8-7-4-3-6(11-7)5-10-8;;/h6-8,10-11H,2-5H2,1H3;2*1H. The summed E-state index contributed by atoms with van der Waals surface area (Å²) in [5.74, 6) is -0.111. The van der Waals surface area contributed by atoms with E-state index in [0.717, 1.165) is 13.0 Å². The van der Waals surface area contributed by atoms with Gasteiger partial charge in [0.05, 0.1) is 6.61 Å². The minimum atomic E-state index is -0.126. The summed E-state index contributed by atoms with van der Waals surface area (Å²) in [6, 6.07) is 0.729. The molecule has 0 aliphatic carbocycles. The molecule has 2 heterocycles. The molecule has 2 bridgehead atoms. The van der Waals surface area contributed by atoms with Gasteiger partial charge in [-0.05, 0) is 19.8 Å². The van der Waals surface area contributed by atoms with Gasteiger partial charge in [-0.15, -0.1) is 24.8 Å². The Labute approximate surface area is 102 Å². The summed E-state index contributed by atoms with van der Waals surface area (Å²) in [6.45, 7) is 3.19. The minimum absolute atomic E-state index is 0. The zero-order chi connectivity index (χ0) is 9.26. The first-order chi connectivity index (χ1) is 6.31. The van der Waals surface area contributed by atoms with Gasteiger partial charge < -0.3 is 15.4 Å². The SMILES string of the molecule is CCOC(=O)C1NCC2CCC1N2.Cl.Cl. The van der Waals surface area contributed by atoms with E-state index in [1.54, 1.807) is 0 Å². The fourth-order valence-electron chi connectivity index (χ4n) is 2.17. The minimum Gasteiger partial charge on any atom is -0.465 e. The largest absolute Gasteiger partial charge is 0.465 e. The number of fused-ring (bicyclic) bond motifs is 2. The summed E-state index contributed by atoms with van der Waals surface area (Å²) in [5, 5.41) is 6.65. The van der Waals surface area contributed by atoms with Gasteiger partial charge in [0.1, 0.15) is 6.04 Å². The number of piperazine rings is 1. The van der Waals surface area contributed by atoms with E-state index in [1.165, 1.54) is 6.42 Å². The van der Waals surface area contributed by atoms with E-state index in [2.05, 4.69) is 10.6 Å². The maximum Gasteiger partial charge on any atom is 0.324 e. The molecule has 2 N–H and O–H groups in total. The van der Waals surface area contributed by atoms with E-state index in [-0.39, 0.29) is 42.9 Å². The normalized spacial score (nSPS) is 32.5. The van der Waals surface area contributed by atoms with Crippen LogP contribution in [0.2, 0.25) is 0 Å². The third-order valence-corrected chi connectivity index (χ3v) is 2.80. The van der Waals surface area contributed by atoms with Gasteiger partial charge in [-0.3, -0.25) is 4.79 Å². The van der Waals surface area contributed by atoms with Gasteiger partial charge in [0.15, 0.2) is 0 Å². The smallest absolute Gasteiger partial charge is 0.324 e. The van der Waals surface area contributed by atoms with Gasteiger partial charge in [-0.2, -0.15) is 0 Å². The molecule has 2 saturated heterocycles. The Hall–Kier alpha value is -0.0300. The van der Waals surface area contributed by atoms with Crippen molar-refractivity contribution in [3.8, 4) is 0 Å². The van der Waals surface area contributed by atoms with Crippen molar-refractivity contribution in [3.63, 3.8) is 0 Å². The first kappa shape index (κ1) is 15.0. The average Bonchev–Trinajstić information content (AvgIpc) is 2.48. The molecule has 0 aromatic carbocycles. The molecule has 90 valence electrons. The van der Waals surface area contributed by atoms with Gasteiger partial charge in [-0.25, -0.2) is 0 Å². The molecule has 2 aliphatic rings. The van der Waals surface area contributed by atoms with Crippen LogP contribution >= 0.6 is 24.8 Å². The molecule has 0 aromatic heterocycles. The van der Waals surface area contributed by atoms with Crippen molar-refractivity contribution < 1.29 is 9.53 Å². The van der Waals surface area contributed by atoms with Crippen LogP contribution in [0.4, 0.5) is 0 Å². The summed E-state index contributed by atoms with van der Waals surface area (Å²) in [6.07, 6.45) is 2.26. The summed E-state index contributed by atoms with van der Waals surface area (Å²) >= 11 is 0. The highest BCUT2D eigenvalue weighted by Crippen LogP contribution is 2.19. The van der Waals surface area contributed by atoms with Gasteiger partial charge in [-0.1, -0.05) is 0 Å². The molecule has 2 aliphatic heterocycles. The van der Waals surface area contributed by atoms with Crippen molar-refractivity contribution in [3.05, 3.63) is 0 Å². The number of hydrogen-bond donors (Lipinski definition) is 2. The summed E-state index contributed by atoms with van der Waals surface area (Å²) in [7, 11) is 0. The predicted octanol–water partition coefficient (Wildman–Crippen LogP) is 0.485. The lowest BCUT2D eigenvalue weighted by molar-refractivity contribution is -0.146. The van der Waals surface area contributed by atoms with Crippen LogP contribution in [0.25, 0.3) is 0 Å². The fourth-order valence-corrected chi connectivity index (χ4v) is 2.17. The molecule has 0 saturated carbocycles. The molecule has 4 nitrogen and oxygen atoms in total. The lowest BCUT2D eigenvalue weighted by atomic mass is 10.1. The second kappa shape index (κ2) is 6.53. The summed E-state index contributed by atoms with van der Waals surface area (Å²) in [5.41, 5.74) is 0. The van der Waals surface area contributed by atoms with E-state index in [9.17, 15) is 4.79 Å². The van der Waals surface area contributed by atoms with Crippen molar-refractivity contribution in [2.24, 2.45) is 0 Å². The van der Waals surface area contributed by atoms with E-state index in [4.69, 9.17) is 4.74 Å². The van der Waals surface area contributed by atoms with Crippen molar-refractivity contribution in [2.45, 2.75) is 37.9 Å². The lowest BCUT2D eigenvalue weighted by Gasteiger charge is -2.29. The number of rotatable bonds is 2. The van der Waals surface area contributed by atoms with E-state index >= 15 is 0 Å². The number of halogens is 2. The van der Waals surface area contributed by atoms with E-state index in [1.807, 2.05) is 6.92 Å². The molecule has 3 atom stereocenters. The highest BCUT2D eigenvalue weighted by atomic mass is 35.5. The summed E-state index contributed by atoms with van der Waals surface area (Å²) in [4.78, 5) is 11.5. The van der Waals surface area contributed by atoms with Crippen LogP contribution in [-0.4, -0.2) is 37.2 Å². The second-order valence-electron chi connectivity index (χ2n) is 3.69. The van der Waals surface area contributed by atoms with Crippen LogP contribution in [-0.2, 0) is 9.53 Å². The Kier molecular flexibility index (Phi) is 6.52. The van der Waals surface area contributed by atoms with E-state index in [0.29, 0.717) is 12.6 Å². The number of nitrogens with one attached hydrogen (secondary N) is 2. The van der Waals surface area contributed by atoms with Crippen LogP contribution < -0.4 is 10.6 Å². The molecule has 6 heteroatoms. The van der Waals surface area contributed by atoms with Crippen molar-refractivity contribution in [1.29, 1.82) is 0 Å². The second-order valence-corrected chi connectivity index (χ2v) is 3.69. The zero-order valence-corrected chi connectivity index (χ0v) is 10.3. The quantitative estimate of drug-likeness (QED) is 0.707. The molecule has 15 heavy (non-hydrogen) atoms. The first-order valence-corrected chi connectivity index (χ1v) is 4.97. The molecule has 0 aromatic rings. The number of esters is 1. The van der Waals surface area contributed by atoms with Crippen molar-refractivity contribution in [1.82, 2.24) is 10.6 Å². The fraction of sp³-hybridized carbons (Fsp3) is 0.889. The van der Waals surface area contributed by atoms with Crippen LogP contribution in [0.3, 0.4) is 0 Å². The Balaban J connectivity index is 0.000000980. The predicted molar refractivity (Wildman–Crippen MR) is 62.9 cm³/mol. The van der Waals surface area contributed by atoms with E-state index < -0.39 is 0 Å². The number of carbonyl (C=O) groups excluding carboxylic acids is 1. The Morgan fingerprint density at radius 1 is 1.40 bits per heavy atom. The van der Waals surface area contributed by atoms with Gasteiger partial charge in [0, 0.05) is 18.6 Å². The molecular weight excluding hydrogens is 239 g/mol. The Morgan fingerprint density at radius 3 is 2.80 bits per heavy atom. The van der Waals surface area contributed by atoms with Crippen molar-refractivity contribution >= 4 is 30.8 Å². The van der Waals surface area contributed by atoms with Crippen LogP contribution in [0.15, 0.2) is 0 Å². The van der Waals surface area contributed by atoms with Crippen LogP contribution in [0.1, 0.15) is 19.8 Å². The van der Waals surface area contributed by atoms with Gasteiger partial charge in [0.2, 0.25) is 0 Å². The molecule has 2 fully saturated rings. The van der Waals surface area contributed by atoms with Crippen molar-refractivity contribution in [2.75, 3.05) is 13.2 Å². The molecule has 0 radical (unpaired) electrons. The lowest BCUT2D eigenvalue weighted by Crippen LogP contribution is -2.59. The zero-order valence-electron chi connectivity index (χ0n) is 8.69. The molecule has 0 amide bonds. The molecule has 0 spiro atoms. The maximum absolute atomic E-state index is 11.5. The van der Waals surface area contributed by atoms with Crippen LogP contribution in [0.5, 0.6) is 0 Å². The summed E-state index contributed by atoms with van der Waals surface area (Å²) < 4.78 is 4.99. The molecule has 2 rings (SSSR count). The van der Waals surface area contributed by atoms with Gasteiger partial charge in [0.25, 0.3) is 0 Å². The number of ether oxygens (including phenoxy) is 1. The number of hydrogen-bond acceptors (Lipinski definition) is 4. The Bertz CT molecular complexity index is 216. The Morgan fingerprint density at radius 2 is 2.13 bits per heavy atom. The average molecular weight is 257 g/mol. The third kappa shape index (κ3) is 3.21. The molecule has 3 unspecified atom stereocenters. The third-order valence-electron chi connectivity index (χ3n) is 2.80.